The summed E-state index contributed by atoms with van der Waals surface area (Å²) < 4.78 is 1.66. The molecule has 0 saturated heterocycles. The summed E-state index contributed by atoms with van der Waals surface area (Å²) >= 11 is 0. The van der Waals surface area contributed by atoms with Gasteiger partial charge in [0.25, 0.3) is 11.5 Å². The van der Waals surface area contributed by atoms with E-state index in [1.165, 1.54) is 0 Å². The zero-order chi connectivity index (χ0) is 19.5. The number of nitrogens with one attached hydrogen (secondary N) is 1. The Hall–Kier alpha value is -3.54. The molecular weight excluding hydrogens is 352 g/mol. The average Bonchev–Trinajstić information content (AvgIpc) is 2.72. The highest BCUT2D eigenvalue weighted by molar-refractivity contribution is 5.94. The first-order valence-electron chi connectivity index (χ1n) is 9.24. The van der Waals surface area contributed by atoms with Crippen LogP contribution in [0.2, 0.25) is 0 Å². The van der Waals surface area contributed by atoms with Gasteiger partial charge in [-0.3, -0.25) is 14.2 Å². The third kappa shape index (κ3) is 3.49. The zero-order valence-electron chi connectivity index (χ0n) is 15.6. The first kappa shape index (κ1) is 17.9. The van der Waals surface area contributed by atoms with Crippen molar-refractivity contribution in [3.8, 4) is 0 Å². The molecular formula is C22H20N4O2. The van der Waals surface area contributed by atoms with Crippen LogP contribution in [0.3, 0.4) is 0 Å². The fourth-order valence-electron chi connectivity index (χ4n) is 3.26. The van der Waals surface area contributed by atoms with Gasteiger partial charge in [0, 0.05) is 18.5 Å². The number of fused-ring (bicyclic) bond motifs is 2. The monoisotopic (exact) mass is 372 g/mol. The lowest BCUT2D eigenvalue weighted by atomic mass is 10.2. The van der Waals surface area contributed by atoms with Crippen LogP contribution in [0.15, 0.2) is 65.5 Å². The van der Waals surface area contributed by atoms with E-state index in [1.54, 1.807) is 16.7 Å². The van der Waals surface area contributed by atoms with Gasteiger partial charge in [-0.25, -0.2) is 9.97 Å². The van der Waals surface area contributed by atoms with E-state index in [0.29, 0.717) is 41.9 Å². The summed E-state index contributed by atoms with van der Waals surface area (Å²) in [7, 11) is 0. The summed E-state index contributed by atoms with van der Waals surface area (Å²) in [6.07, 6.45) is 0.625. The molecule has 4 rings (SSSR count). The number of hydrogen-bond acceptors (Lipinski definition) is 4. The molecule has 1 amide bonds. The molecule has 2 aromatic heterocycles. The summed E-state index contributed by atoms with van der Waals surface area (Å²) in [6, 6.07) is 18.6. The summed E-state index contributed by atoms with van der Waals surface area (Å²) in [6.45, 7) is 2.77. The minimum atomic E-state index is -0.216. The first-order valence-corrected chi connectivity index (χ1v) is 9.24. The van der Waals surface area contributed by atoms with Crippen molar-refractivity contribution in [1.29, 1.82) is 0 Å². The van der Waals surface area contributed by atoms with Crippen molar-refractivity contribution in [1.82, 2.24) is 19.9 Å². The quantitative estimate of drug-likeness (QED) is 0.546. The van der Waals surface area contributed by atoms with Crippen LogP contribution >= 0.6 is 0 Å². The van der Waals surface area contributed by atoms with Crippen LogP contribution in [-0.4, -0.2) is 27.0 Å². The van der Waals surface area contributed by atoms with E-state index >= 15 is 0 Å². The molecule has 28 heavy (non-hydrogen) atoms. The second-order valence-corrected chi connectivity index (χ2v) is 6.63. The maximum absolute atomic E-state index is 12.6. The molecule has 2 aromatic carbocycles. The van der Waals surface area contributed by atoms with Crippen LogP contribution in [-0.2, 0) is 6.54 Å². The average molecular weight is 372 g/mol. The second-order valence-electron chi connectivity index (χ2n) is 6.63. The lowest BCUT2D eigenvalue weighted by Gasteiger charge is -2.11. The van der Waals surface area contributed by atoms with Crippen LogP contribution in [0.25, 0.3) is 21.8 Å². The van der Waals surface area contributed by atoms with Gasteiger partial charge in [-0.15, -0.1) is 0 Å². The van der Waals surface area contributed by atoms with Crippen molar-refractivity contribution < 1.29 is 4.79 Å². The Morgan fingerprint density at radius 1 is 0.964 bits per heavy atom. The summed E-state index contributed by atoms with van der Waals surface area (Å²) in [5, 5.41) is 4.48. The van der Waals surface area contributed by atoms with E-state index in [2.05, 4.69) is 15.3 Å². The van der Waals surface area contributed by atoms with E-state index in [-0.39, 0.29) is 11.5 Å². The van der Waals surface area contributed by atoms with Gasteiger partial charge >= 0.3 is 0 Å². The summed E-state index contributed by atoms with van der Waals surface area (Å²) in [4.78, 5) is 33.9. The topological polar surface area (TPSA) is 76.9 Å². The van der Waals surface area contributed by atoms with Crippen molar-refractivity contribution in [3.05, 3.63) is 82.5 Å². The molecule has 0 aliphatic rings. The molecule has 0 bridgehead atoms. The van der Waals surface area contributed by atoms with Gasteiger partial charge in [0.1, 0.15) is 11.5 Å². The molecule has 6 heteroatoms. The van der Waals surface area contributed by atoms with Crippen molar-refractivity contribution in [2.24, 2.45) is 0 Å². The Balaban J connectivity index is 1.41. The number of carbonyl (C=O) groups excluding carboxylic acids is 1. The first-order chi connectivity index (χ1) is 13.6. The number of aryl methyl sites for hydroxylation is 1. The number of pyridine rings is 1. The molecule has 0 atom stereocenters. The summed E-state index contributed by atoms with van der Waals surface area (Å²) in [5.41, 5.74) is 1.83. The molecule has 0 spiro atoms. The Labute approximate surface area is 161 Å². The van der Waals surface area contributed by atoms with Crippen LogP contribution in [0.1, 0.15) is 22.7 Å². The van der Waals surface area contributed by atoms with Gasteiger partial charge in [0.05, 0.1) is 16.4 Å². The van der Waals surface area contributed by atoms with Crippen molar-refractivity contribution >= 4 is 27.7 Å². The predicted molar refractivity (Wildman–Crippen MR) is 109 cm³/mol. The van der Waals surface area contributed by atoms with Gasteiger partial charge in [-0.1, -0.05) is 36.4 Å². The number of hydrogen-bond donors (Lipinski definition) is 1. The molecule has 0 radical (unpaired) electrons. The lowest BCUT2D eigenvalue weighted by Crippen LogP contribution is -2.29. The minimum Gasteiger partial charge on any atom is -0.351 e. The largest absolute Gasteiger partial charge is 0.351 e. The maximum Gasteiger partial charge on any atom is 0.269 e. The molecule has 0 saturated carbocycles. The fourth-order valence-corrected chi connectivity index (χ4v) is 3.26. The van der Waals surface area contributed by atoms with Gasteiger partial charge in [0.15, 0.2) is 0 Å². The third-order valence-corrected chi connectivity index (χ3v) is 4.73. The fraction of sp³-hybridized carbons (Fsp3) is 0.182. The normalized spacial score (nSPS) is 11.0. The number of para-hydroxylation sites is 2. The third-order valence-electron chi connectivity index (χ3n) is 4.73. The van der Waals surface area contributed by atoms with E-state index in [4.69, 9.17) is 0 Å². The van der Waals surface area contributed by atoms with Crippen LogP contribution in [0.5, 0.6) is 0 Å². The van der Waals surface area contributed by atoms with Crippen LogP contribution < -0.4 is 10.9 Å². The molecule has 0 fully saturated rings. The number of carbonyl (C=O) groups is 1. The van der Waals surface area contributed by atoms with Gasteiger partial charge in [-0.2, -0.15) is 0 Å². The smallest absolute Gasteiger partial charge is 0.269 e. The van der Waals surface area contributed by atoms with E-state index in [1.807, 2.05) is 55.5 Å². The van der Waals surface area contributed by atoms with E-state index in [9.17, 15) is 9.59 Å². The SMILES string of the molecule is Cc1nc2ccccc2c(=O)n1CCCNC(=O)c1ccc2ccccc2n1. The molecule has 0 aliphatic carbocycles. The Morgan fingerprint density at radius 2 is 1.71 bits per heavy atom. The number of aromatic nitrogens is 3. The molecule has 2 heterocycles. The number of rotatable bonds is 5. The molecule has 0 aliphatic heterocycles. The maximum atomic E-state index is 12.6. The lowest BCUT2D eigenvalue weighted by molar-refractivity contribution is 0.0948. The molecule has 1 N–H and O–H groups in total. The van der Waals surface area contributed by atoms with E-state index < -0.39 is 0 Å². The highest BCUT2D eigenvalue weighted by Gasteiger charge is 2.09. The number of amides is 1. The molecule has 6 nitrogen and oxygen atoms in total. The number of benzene rings is 2. The summed E-state index contributed by atoms with van der Waals surface area (Å²) in [5.74, 6) is 0.456. The Bertz CT molecular complexity index is 1230. The van der Waals surface area contributed by atoms with Crippen molar-refractivity contribution in [2.45, 2.75) is 19.9 Å². The van der Waals surface area contributed by atoms with Gasteiger partial charge < -0.3 is 5.32 Å². The highest BCUT2D eigenvalue weighted by atomic mass is 16.2. The molecule has 4 aromatic rings. The van der Waals surface area contributed by atoms with Gasteiger partial charge in [-0.05, 0) is 37.6 Å². The molecule has 140 valence electrons. The highest BCUT2D eigenvalue weighted by Crippen LogP contribution is 2.12. The van der Waals surface area contributed by atoms with Crippen molar-refractivity contribution in [2.75, 3.05) is 6.54 Å². The van der Waals surface area contributed by atoms with Crippen LogP contribution in [0.4, 0.5) is 0 Å². The predicted octanol–water partition coefficient (Wildman–Crippen LogP) is 3.07. The number of nitrogens with zero attached hydrogens (tertiary/aromatic N) is 3. The zero-order valence-corrected chi connectivity index (χ0v) is 15.6. The Kier molecular flexibility index (Phi) is 4.85. The Morgan fingerprint density at radius 3 is 2.57 bits per heavy atom. The van der Waals surface area contributed by atoms with Crippen LogP contribution in [0, 0.1) is 6.92 Å². The molecule has 0 unspecified atom stereocenters. The second kappa shape index (κ2) is 7.60. The van der Waals surface area contributed by atoms with Crippen molar-refractivity contribution in [3.63, 3.8) is 0 Å². The standard InChI is InChI=1S/C22H20N4O2/c1-15-24-19-10-5-3-8-17(19)22(28)26(15)14-6-13-23-21(27)20-12-11-16-7-2-4-9-18(16)25-20/h2-5,7-12H,6,13-14H2,1H3,(H,23,27). The minimum absolute atomic E-state index is 0.0503. The van der Waals surface area contributed by atoms with E-state index in [0.717, 1.165) is 10.9 Å². The van der Waals surface area contributed by atoms with Gasteiger partial charge in [0.2, 0.25) is 0 Å².